The van der Waals surface area contributed by atoms with Crippen molar-refractivity contribution < 1.29 is 14.4 Å². The van der Waals surface area contributed by atoms with Gasteiger partial charge in [-0.3, -0.25) is 19.4 Å². The number of pyridine rings is 1. The van der Waals surface area contributed by atoms with Crippen LogP contribution >= 0.6 is 0 Å². The van der Waals surface area contributed by atoms with Crippen LogP contribution in [0.4, 0.5) is 0 Å². The van der Waals surface area contributed by atoms with E-state index in [-0.39, 0.29) is 40.9 Å². The van der Waals surface area contributed by atoms with Crippen LogP contribution in [0.25, 0.3) is 0 Å². The van der Waals surface area contributed by atoms with Crippen LogP contribution in [0.2, 0.25) is 0 Å². The number of carbonyl (C=O) groups is 3. The second kappa shape index (κ2) is 14.2. The van der Waals surface area contributed by atoms with Gasteiger partial charge >= 0.3 is 0 Å². The molecule has 0 spiro atoms. The van der Waals surface area contributed by atoms with E-state index in [1.54, 1.807) is 6.07 Å². The molecule has 35 heavy (non-hydrogen) atoms. The Morgan fingerprint density at radius 3 is 1.80 bits per heavy atom. The van der Waals surface area contributed by atoms with Crippen LogP contribution < -0.4 is 16.0 Å². The quantitative estimate of drug-likeness (QED) is 0.512. The first-order valence-electron chi connectivity index (χ1n) is 13.8. The lowest BCUT2D eigenvalue weighted by atomic mass is 9.95. The number of nitrogens with one attached hydrogen (secondary N) is 3. The van der Waals surface area contributed by atoms with E-state index >= 15 is 0 Å². The Hall–Kier alpha value is -2.44. The Morgan fingerprint density at radius 1 is 0.743 bits per heavy atom. The van der Waals surface area contributed by atoms with E-state index < -0.39 is 11.9 Å². The molecule has 1 heterocycles. The van der Waals surface area contributed by atoms with Crippen molar-refractivity contribution in [3.05, 3.63) is 29.6 Å². The average Bonchev–Trinajstić information content (AvgIpc) is 2.80. The normalized spacial score (nSPS) is 19.5. The molecule has 0 radical (unpaired) electrons. The van der Waals surface area contributed by atoms with Gasteiger partial charge in [0, 0.05) is 24.5 Å². The lowest BCUT2D eigenvalue weighted by Gasteiger charge is -2.27. The summed E-state index contributed by atoms with van der Waals surface area (Å²) in [6.07, 6.45) is 18.7. The Kier molecular flexibility index (Phi) is 11.0. The zero-order valence-electron chi connectivity index (χ0n) is 21.6. The number of rotatable bonds is 7. The molecule has 0 aromatic carbocycles. The molecule has 1 unspecified atom stereocenters. The van der Waals surface area contributed by atoms with Crippen LogP contribution in [0.15, 0.2) is 18.5 Å². The van der Waals surface area contributed by atoms with Crippen molar-refractivity contribution in [2.45, 2.75) is 122 Å². The summed E-state index contributed by atoms with van der Waals surface area (Å²) >= 11 is 0. The maximum atomic E-state index is 13.3. The maximum absolute atomic E-state index is 13.3. The highest BCUT2D eigenvalue weighted by molar-refractivity contribution is 6.08. The molecule has 194 valence electrons. The third kappa shape index (κ3) is 8.62. The average molecular weight is 485 g/mol. The molecule has 1 aromatic heterocycles. The number of hydrogen-bond acceptors (Lipinski definition) is 4. The molecule has 0 aliphatic heterocycles. The van der Waals surface area contributed by atoms with Crippen LogP contribution in [0.5, 0.6) is 0 Å². The van der Waals surface area contributed by atoms with Crippen LogP contribution in [-0.2, 0) is 4.79 Å². The van der Waals surface area contributed by atoms with Gasteiger partial charge in [0.15, 0.2) is 0 Å². The summed E-state index contributed by atoms with van der Waals surface area (Å²) in [7, 11) is 0. The summed E-state index contributed by atoms with van der Waals surface area (Å²) in [5.41, 5.74) is 0.516. The molecule has 0 saturated heterocycles. The molecule has 2 aliphatic rings. The largest absolute Gasteiger partial charge is 0.352 e. The van der Waals surface area contributed by atoms with Crippen molar-refractivity contribution in [3.63, 3.8) is 0 Å². The minimum absolute atomic E-state index is 0.0819. The van der Waals surface area contributed by atoms with Crippen LogP contribution in [0, 0.1) is 5.92 Å². The minimum Gasteiger partial charge on any atom is -0.352 e. The highest BCUT2D eigenvalue weighted by Crippen LogP contribution is 2.19. The topological polar surface area (TPSA) is 100 Å². The van der Waals surface area contributed by atoms with Gasteiger partial charge in [0.1, 0.15) is 6.04 Å². The Labute approximate surface area is 210 Å². The fourth-order valence-corrected chi connectivity index (χ4v) is 5.28. The second-order valence-corrected chi connectivity index (χ2v) is 10.7. The van der Waals surface area contributed by atoms with Crippen molar-refractivity contribution in [1.82, 2.24) is 20.9 Å². The van der Waals surface area contributed by atoms with E-state index in [1.165, 1.54) is 50.9 Å². The fourth-order valence-electron chi connectivity index (χ4n) is 5.28. The van der Waals surface area contributed by atoms with E-state index in [0.29, 0.717) is 0 Å². The monoisotopic (exact) mass is 484 g/mol. The van der Waals surface area contributed by atoms with E-state index in [4.69, 9.17) is 0 Å². The third-order valence-corrected chi connectivity index (χ3v) is 7.44. The first-order chi connectivity index (χ1) is 17.0. The molecular weight excluding hydrogens is 440 g/mol. The summed E-state index contributed by atoms with van der Waals surface area (Å²) in [5, 5.41) is 9.21. The number of aromatic nitrogens is 1. The van der Waals surface area contributed by atoms with Gasteiger partial charge in [-0.05, 0) is 37.7 Å². The predicted octanol–water partition coefficient (Wildman–Crippen LogP) is 4.91. The van der Waals surface area contributed by atoms with E-state index in [0.717, 1.165) is 51.4 Å². The molecule has 7 heteroatoms. The maximum Gasteiger partial charge on any atom is 0.253 e. The number of nitrogens with zero attached hydrogens (tertiary/aromatic N) is 1. The molecule has 2 saturated carbocycles. The fraction of sp³-hybridized carbons (Fsp3) is 0.714. The summed E-state index contributed by atoms with van der Waals surface area (Å²) in [4.78, 5) is 43.6. The lowest BCUT2D eigenvalue weighted by Crippen LogP contribution is -2.52. The van der Waals surface area contributed by atoms with Crippen molar-refractivity contribution in [2.75, 3.05) is 0 Å². The smallest absolute Gasteiger partial charge is 0.253 e. The lowest BCUT2D eigenvalue weighted by molar-refractivity contribution is -0.124. The molecule has 7 nitrogen and oxygen atoms in total. The first-order valence-corrected chi connectivity index (χ1v) is 13.8. The SMILES string of the molecule is CC(C)C(NC(=O)c1ccncc1C(=O)NC1CCCCCCC1)C(=O)NC1CCCCCCC1. The highest BCUT2D eigenvalue weighted by atomic mass is 16.2. The summed E-state index contributed by atoms with van der Waals surface area (Å²) in [5.74, 6) is -0.911. The summed E-state index contributed by atoms with van der Waals surface area (Å²) in [6, 6.07) is 1.18. The molecule has 0 bridgehead atoms. The standard InChI is InChI=1S/C28H44N4O3/c1-20(2)25(28(35)31-22-15-11-7-4-8-12-16-22)32-26(33)23-17-18-29-19-24(23)27(34)30-21-13-9-5-3-6-10-14-21/h17-22,25H,3-16H2,1-2H3,(H,30,34)(H,31,35)(H,32,33). The number of hydrogen-bond donors (Lipinski definition) is 3. The minimum atomic E-state index is -0.664. The third-order valence-electron chi connectivity index (χ3n) is 7.44. The Morgan fingerprint density at radius 2 is 1.26 bits per heavy atom. The van der Waals surface area contributed by atoms with Gasteiger partial charge in [0.25, 0.3) is 11.8 Å². The number of carbonyl (C=O) groups excluding carboxylic acids is 3. The zero-order chi connectivity index (χ0) is 25.0. The van der Waals surface area contributed by atoms with E-state index in [1.807, 2.05) is 13.8 Å². The van der Waals surface area contributed by atoms with Gasteiger partial charge in [-0.1, -0.05) is 78.1 Å². The van der Waals surface area contributed by atoms with E-state index in [2.05, 4.69) is 20.9 Å². The predicted molar refractivity (Wildman–Crippen MR) is 138 cm³/mol. The summed E-state index contributed by atoms with van der Waals surface area (Å²) < 4.78 is 0. The van der Waals surface area contributed by atoms with Crippen LogP contribution in [0.1, 0.15) is 124 Å². The van der Waals surface area contributed by atoms with Crippen molar-refractivity contribution >= 4 is 17.7 Å². The van der Waals surface area contributed by atoms with Crippen LogP contribution in [-0.4, -0.2) is 40.8 Å². The Balaban J connectivity index is 1.65. The molecule has 1 atom stereocenters. The number of amides is 3. The zero-order valence-corrected chi connectivity index (χ0v) is 21.6. The van der Waals surface area contributed by atoms with Crippen molar-refractivity contribution in [3.8, 4) is 0 Å². The molecular formula is C28H44N4O3. The van der Waals surface area contributed by atoms with E-state index in [9.17, 15) is 14.4 Å². The first kappa shape index (κ1) is 27.2. The van der Waals surface area contributed by atoms with Gasteiger partial charge < -0.3 is 16.0 Å². The van der Waals surface area contributed by atoms with Gasteiger partial charge in [-0.15, -0.1) is 0 Å². The second-order valence-electron chi connectivity index (χ2n) is 10.7. The van der Waals surface area contributed by atoms with Gasteiger partial charge in [0.2, 0.25) is 5.91 Å². The highest BCUT2D eigenvalue weighted by Gasteiger charge is 2.28. The van der Waals surface area contributed by atoms with Gasteiger partial charge in [0.05, 0.1) is 11.1 Å². The molecule has 2 aliphatic carbocycles. The van der Waals surface area contributed by atoms with Crippen molar-refractivity contribution in [2.24, 2.45) is 5.92 Å². The van der Waals surface area contributed by atoms with Gasteiger partial charge in [-0.2, -0.15) is 0 Å². The molecule has 3 N–H and O–H groups in total. The Bertz CT molecular complexity index is 825. The van der Waals surface area contributed by atoms with Gasteiger partial charge in [-0.25, -0.2) is 0 Å². The molecule has 2 fully saturated rings. The molecule has 3 rings (SSSR count). The molecule has 1 aromatic rings. The van der Waals surface area contributed by atoms with Crippen LogP contribution in [0.3, 0.4) is 0 Å². The summed E-state index contributed by atoms with van der Waals surface area (Å²) in [6.45, 7) is 3.86. The molecule has 3 amide bonds. The van der Waals surface area contributed by atoms with Crippen molar-refractivity contribution in [1.29, 1.82) is 0 Å².